The first kappa shape index (κ1) is 20.6. The van der Waals surface area contributed by atoms with E-state index in [1.54, 1.807) is 18.2 Å². The molecule has 1 saturated carbocycles. The van der Waals surface area contributed by atoms with E-state index in [1.165, 1.54) is 12.1 Å². The SMILES string of the molecule is N#C/C(=C/c1c(OCc2ccc(F)cc2)ccc2ccccc12)C(=O)NC1CCCC1. The van der Waals surface area contributed by atoms with Crippen molar-refractivity contribution in [2.24, 2.45) is 0 Å². The predicted molar refractivity (Wildman–Crippen MR) is 119 cm³/mol. The molecule has 0 unspecified atom stereocenters. The fourth-order valence-electron chi connectivity index (χ4n) is 3.92. The molecule has 0 aromatic heterocycles. The van der Waals surface area contributed by atoms with Crippen molar-refractivity contribution in [2.45, 2.75) is 38.3 Å². The van der Waals surface area contributed by atoms with Gasteiger partial charge in [-0.1, -0.05) is 55.3 Å². The van der Waals surface area contributed by atoms with Crippen LogP contribution in [0.2, 0.25) is 0 Å². The Balaban J connectivity index is 1.67. The molecule has 0 aliphatic heterocycles. The number of nitrogens with one attached hydrogen (secondary N) is 1. The molecular weight excluding hydrogens is 391 g/mol. The first-order valence-corrected chi connectivity index (χ1v) is 10.5. The first-order chi connectivity index (χ1) is 15.1. The third-order valence-corrected chi connectivity index (χ3v) is 5.58. The Morgan fingerprint density at radius 2 is 1.84 bits per heavy atom. The summed E-state index contributed by atoms with van der Waals surface area (Å²) in [5, 5.41) is 14.5. The lowest BCUT2D eigenvalue weighted by Crippen LogP contribution is -2.33. The van der Waals surface area contributed by atoms with Crippen molar-refractivity contribution >= 4 is 22.8 Å². The number of halogens is 1. The number of nitriles is 1. The minimum absolute atomic E-state index is 0.0508. The second-order valence-electron chi connectivity index (χ2n) is 7.74. The fraction of sp³-hybridized carbons (Fsp3) is 0.231. The zero-order valence-corrected chi connectivity index (χ0v) is 17.1. The molecule has 0 saturated heterocycles. The van der Waals surface area contributed by atoms with E-state index in [4.69, 9.17) is 4.74 Å². The molecule has 0 radical (unpaired) electrons. The number of benzene rings is 3. The molecule has 156 valence electrons. The van der Waals surface area contributed by atoms with E-state index in [2.05, 4.69) is 5.32 Å². The number of carbonyl (C=O) groups excluding carboxylic acids is 1. The van der Waals surface area contributed by atoms with Gasteiger partial charge in [-0.25, -0.2) is 4.39 Å². The van der Waals surface area contributed by atoms with Crippen molar-refractivity contribution in [1.82, 2.24) is 5.32 Å². The number of nitrogens with zero attached hydrogens (tertiary/aromatic N) is 1. The van der Waals surface area contributed by atoms with Crippen molar-refractivity contribution in [3.63, 3.8) is 0 Å². The molecule has 4 nitrogen and oxygen atoms in total. The van der Waals surface area contributed by atoms with Gasteiger partial charge in [0, 0.05) is 11.6 Å². The van der Waals surface area contributed by atoms with Gasteiger partial charge >= 0.3 is 0 Å². The van der Waals surface area contributed by atoms with Crippen LogP contribution < -0.4 is 10.1 Å². The Kier molecular flexibility index (Phi) is 6.28. The van der Waals surface area contributed by atoms with Gasteiger partial charge in [-0.2, -0.15) is 5.26 Å². The number of carbonyl (C=O) groups is 1. The van der Waals surface area contributed by atoms with E-state index in [0.717, 1.165) is 42.0 Å². The van der Waals surface area contributed by atoms with Crippen LogP contribution in [0.15, 0.2) is 66.2 Å². The lowest BCUT2D eigenvalue weighted by atomic mass is 10.0. The molecule has 0 bridgehead atoms. The summed E-state index contributed by atoms with van der Waals surface area (Å²) in [6.45, 7) is 0.246. The predicted octanol–water partition coefficient (Wildman–Crippen LogP) is 5.52. The average molecular weight is 414 g/mol. The van der Waals surface area contributed by atoms with Crippen LogP contribution in [-0.2, 0) is 11.4 Å². The van der Waals surface area contributed by atoms with Crippen molar-refractivity contribution in [3.8, 4) is 11.8 Å². The maximum Gasteiger partial charge on any atom is 0.262 e. The Morgan fingerprint density at radius 1 is 1.10 bits per heavy atom. The Hall–Kier alpha value is -3.65. The minimum Gasteiger partial charge on any atom is -0.488 e. The van der Waals surface area contributed by atoms with E-state index >= 15 is 0 Å². The summed E-state index contributed by atoms with van der Waals surface area (Å²) in [6, 6.07) is 19.8. The van der Waals surface area contributed by atoms with E-state index < -0.39 is 0 Å². The molecule has 0 heterocycles. The van der Waals surface area contributed by atoms with Gasteiger partial charge in [0.15, 0.2) is 0 Å². The second kappa shape index (κ2) is 9.44. The molecule has 1 aliphatic carbocycles. The summed E-state index contributed by atoms with van der Waals surface area (Å²) < 4.78 is 19.2. The lowest BCUT2D eigenvalue weighted by Gasteiger charge is -2.14. The quantitative estimate of drug-likeness (QED) is 0.426. The number of hydrogen-bond donors (Lipinski definition) is 1. The van der Waals surface area contributed by atoms with Crippen LogP contribution in [0.1, 0.15) is 36.8 Å². The largest absolute Gasteiger partial charge is 0.488 e. The molecule has 1 fully saturated rings. The molecule has 1 amide bonds. The molecule has 0 spiro atoms. The van der Waals surface area contributed by atoms with Gasteiger partial charge < -0.3 is 10.1 Å². The van der Waals surface area contributed by atoms with Crippen LogP contribution in [0, 0.1) is 17.1 Å². The third kappa shape index (κ3) is 4.92. The van der Waals surface area contributed by atoms with Crippen molar-refractivity contribution in [3.05, 3.63) is 83.2 Å². The van der Waals surface area contributed by atoms with Gasteiger partial charge in [-0.15, -0.1) is 0 Å². The summed E-state index contributed by atoms with van der Waals surface area (Å²) in [4.78, 5) is 12.7. The summed E-state index contributed by atoms with van der Waals surface area (Å²) in [5.41, 5.74) is 1.55. The minimum atomic E-state index is -0.355. The summed E-state index contributed by atoms with van der Waals surface area (Å²) in [7, 11) is 0. The van der Waals surface area contributed by atoms with Gasteiger partial charge in [0.05, 0.1) is 0 Å². The van der Waals surface area contributed by atoms with E-state index in [9.17, 15) is 14.4 Å². The molecule has 0 atom stereocenters. The highest BCUT2D eigenvalue weighted by Crippen LogP contribution is 2.31. The zero-order chi connectivity index (χ0) is 21.6. The summed E-state index contributed by atoms with van der Waals surface area (Å²) >= 11 is 0. The maximum absolute atomic E-state index is 13.2. The Morgan fingerprint density at radius 3 is 2.58 bits per heavy atom. The van der Waals surface area contributed by atoms with Gasteiger partial charge in [-0.05, 0) is 53.5 Å². The van der Waals surface area contributed by atoms with Gasteiger partial charge in [-0.3, -0.25) is 4.79 Å². The molecular formula is C26H23FN2O2. The van der Waals surface area contributed by atoms with Crippen molar-refractivity contribution < 1.29 is 13.9 Å². The molecule has 3 aromatic carbocycles. The zero-order valence-electron chi connectivity index (χ0n) is 17.1. The topological polar surface area (TPSA) is 62.1 Å². The van der Waals surface area contributed by atoms with Crippen LogP contribution in [0.25, 0.3) is 16.8 Å². The van der Waals surface area contributed by atoms with E-state index in [-0.39, 0.29) is 29.9 Å². The standard InChI is InChI=1S/C26H23FN2O2/c27-21-12-9-18(10-13-21)17-31-25-14-11-19-5-1-4-8-23(19)24(25)15-20(16-28)26(30)29-22-6-2-3-7-22/h1,4-5,8-15,22H,2-3,6-7,17H2,(H,29,30)/b20-15-. The van der Waals surface area contributed by atoms with Crippen LogP contribution in [-0.4, -0.2) is 11.9 Å². The summed E-state index contributed by atoms with van der Waals surface area (Å²) in [6.07, 6.45) is 5.70. The van der Waals surface area contributed by atoms with Crippen LogP contribution in [0.3, 0.4) is 0 Å². The fourth-order valence-corrected chi connectivity index (χ4v) is 3.92. The van der Waals surface area contributed by atoms with Crippen LogP contribution in [0.5, 0.6) is 5.75 Å². The molecule has 1 N–H and O–H groups in total. The summed E-state index contributed by atoms with van der Waals surface area (Å²) in [5.74, 6) is -0.0960. The number of amides is 1. The van der Waals surface area contributed by atoms with Crippen LogP contribution in [0.4, 0.5) is 4.39 Å². The average Bonchev–Trinajstić information content (AvgIpc) is 3.30. The third-order valence-electron chi connectivity index (χ3n) is 5.58. The number of fused-ring (bicyclic) bond motifs is 1. The van der Waals surface area contributed by atoms with Crippen molar-refractivity contribution in [2.75, 3.05) is 0 Å². The molecule has 1 aliphatic rings. The van der Waals surface area contributed by atoms with E-state index in [0.29, 0.717) is 11.3 Å². The maximum atomic E-state index is 13.2. The van der Waals surface area contributed by atoms with Crippen LogP contribution >= 0.6 is 0 Å². The lowest BCUT2D eigenvalue weighted by molar-refractivity contribution is -0.117. The highest BCUT2D eigenvalue weighted by molar-refractivity contribution is 6.05. The Labute approximate surface area is 181 Å². The second-order valence-corrected chi connectivity index (χ2v) is 7.74. The normalized spacial score (nSPS) is 14.4. The monoisotopic (exact) mass is 414 g/mol. The molecule has 31 heavy (non-hydrogen) atoms. The Bertz CT molecular complexity index is 1160. The number of rotatable bonds is 6. The highest BCUT2D eigenvalue weighted by atomic mass is 19.1. The molecule has 4 rings (SSSR count). The van der Waals surface area contributed by atoms with Gasteiger partial charge in [0.25, 0.3) is 5.91 Å². The van der Waals surface area contributed by atoms with Gasteiger partial charge in [0.2, 0.25) is 0 Å². The molecule has 5 heteroatoms. The number of hydrogen-bond acceptors (Lipinski definition) is 3. The first-order valence-electron chi connectivity index (χ1n) is 10.5. The highest BCUT2D eigenvalue weighted by Gasteiger charge is 2.20. The smallest absolute Gasteiger partial charge is 0.262 e. The number of ether oxygens (including phenoxy) is 1. The van der Waals surface area contributed by atoms with E-state index in [1.807, 2.05) is 42.5 Å². The molecule has 3 aromatic rings. The van der Waals surface area contributed by atoms with Crippen molar-refractivity contribution in [1.29, 1.82) is 5.26 Å². The van der Waals surface area contributed by atoms with Gasteiger partial charge in [0.1, 0.15) is 29.8 Å².